The molecule has 1 amide bonds. The van der Waals surface area contributed by atoms with E-state index >= 15 is 0 Å². The summed E-state index contributed by atoms with van der Waals surface area (Å²) in [6.45, 7) is 12.1. The van der Waals surface area contributed by atoms with Crippen molar-refractivity contribution >= 4 is 17.4 Å². The SMILES string of the molecule is CCCOc1ccc(C2/C(=C(\O)c3ccc(OC)cc3)C(=O)C(=O)N2CCCN(CC)CC)cc1OCC. The fourth-order valence-corrected chi connectivity index (χ4v) is 4.66. The molecule has 1 saturated heterocycles. The van der Waals surface area contributed by atoms with Crippen LogP contribution in [0.1, 0.15) is 57.7 Å². The number of aliphatic hydroxyl groups excluding tert-OH is 1. The highest BCUT2D eigenvalue weighted by atomic mass is 16.5. The van der Waals surface area contributed by atoms with Crippen molar-refractivity contribution in [2.75, 3.05) is 46.5 Å². The number of aliphatic hydroxyl groups is 1. The average molecular weight is 525 g/mol. The third kappa shape index (κ3) is 6.48. The second kappa shape index (κ2) is 13.9. The van der Waals surface area contributed by atoms with Crippen molar-refractivity contribution in [3.63, 3.8) is 0 Å². The first-order valence-corrected chi connectivity index (χ1v) is 13.4. The highest BCUT2D eigenvalue weighted by molar-refractivity contribution is 6.46. The highest BCUT2D eigenvalue weighted by Gasteiger charge is 2.46. The topological polar surface area (TPSA) is 88.5 Å². The maximum Gasteiger partial charge on any atom is 0.295 e. The van der Waals surface area contributed by atoms with E-state index in [0.29, 0.717) is 54.6 Å². The largest absolute Gasteiger partial charge is 0.507 e. The summed E-state index contributed by atoms with van der Waals surface area (Å²) in [6.07, 6.45) is 1.55. The van der Waals surface area contributed by atoms with Crippen LogP contribution in [-0.4, -0.2) is 73.1 Å². The van der Waals surface area contributed by atoms with E-state index in [9.17, 15) is 14.7 Å². The molecule has 0 aliphatic carbocycles. The lowest BCUT2D eigenvalue weighted by molar-refractivity contribution is -0.140. The average Bonchev–Trinajstić information content (AvgIpc) is 3.19. The summed E-state index contributed by atoms with van der Waals surface area (Å²) in [6, 6.07) is 11.5. The second-order valence-corrected chi connectivity index (χ2v) is 9.09. The molecule has 1 fully saturated rings. The third-order valence-electron chi connectivity index (χ3n) is 6.72. The predicted molar refractivity (Wildman–Crippen MR) is 148 cm³/mol. The van der Waals surface area contributed by atoms with Gasteiger partial charge in [-0.2, -0.15) is 0 Å². The van der Waals surface area contributed by atoms with Crippen molar-refractivity contribution < 1.29 is 28.9 Å². The van der Waals surface area contributed by atoms with Crippen molar-refractivity contribution in [3.05, 3.63) is 59.2 Å². The van der Waals surface area contributed by atoms with Crippen LogP contribution >= 0.6 is 0 Å². The van der Waals surface area contributed by atoms with Crippen LogP contribution in [0.3, 0.4) is 0 Å². The van der Waals surface area contributed by atoms with Crippen LogP contribution in [-0.2, 0) is 9.59 Å². The van der Waals surface area contributed by atoms with Gasteiger partial charge in [-0.25, -0.2) is 0 Å². The Bertz CT molecular complexity index is 1120. The minimum atomic E-state index is -0.756. The van der Waals surface area contributed by atoms with Gasteiger partial charge in [0.2, 0.25) is 0 Å². The van der Waals surface area contributed by atoms with Crippen molar-refractivity contribution in [1.82, 2.24) is 9.80 Å². The van der Waals surface area contributed by atoms with Gasteiger partial charge in [-0.3, -0.25) is 9.59 Å². The Morgan fingerprint density at radius 3 is 2.29 bits per heavy atom. The zero-order chi connectivity index (χ0) is 27.7. The molecule has 3 rings (SSSR count). The zero-order valence-electron chi connectivity index (χ0n) is 23.2. The maximum absolute atomic E-state index is 13.4. The number of Topliss-reactive ketones (excluding diaryl/α,β-unsaturated/α-hetero) is 1. The molecule has 1 atom stereocenters. The summed E-state index contributed by atoms with van der Waals surface area (Å²) >= 11 is 0. The lowest BCUT2D eigenvalue weighted by Crippen LogP contribution is -2.33. The summed E-state index contributed by atoms with van der Waals surface area (Å²) in [5.41, 5.74) is 1.17. The third-order valence-corrected chi connectivity index (χ3v) is 6.72. The first-order valence-electron chi connectivity index (χ1n) is 13.4. The highest BCUT2D eigenvalue weighted by Crippen LogP contribution is 2.42. The van der Waals surface area contributed by atoms with Gasteiger partial charge in [0.15, 0.2) is 11.5 Å². The molecule has 38 heavy (non-hydrogen) atoms. The molecule has 2 aromatic carbocycles. The Morgan fingerprint density at radius 1 is 0.974 bits per heavy atom. The monoisotopic (exact) mass is 524 g/mol. The van der Waals surface area contributed by atoms with Gasteiger partial charge in [-0.1, -0.05) is 26.8 Å². The van der Waals surface area contributed by atoms with Crippen LogP contribution < -0.4 is 14.2 Å². The number of hydrogen-bond acceptors (Lipinski definition) is 7. The van der Waals surface area contributed by atoms with E-state index in [4.69, 9.17) is 14.2 Å². The number of carbonyl (C=O) groups excluding carboxylic acids is 2. The first kappa shape index (κ1) is 29.0. The lowest BCUT2D eigenvalue weighted by Gasteiger charge is -2.27. The van der Waals surface area contributed by atoms with Crippen LogP contribution in [0.15, 0.2) is 48.0 Å². The molecule has 0 saturated carbocycles. The summed E-state index contributed by atoms with van der Waals surface area (Å²) in [5.74, 6) is 0.234. The van der Waals surface area contributed by atoms with E-state index in [1.54, 1.807) is 42.3 Å². The van der Waals surface area contributed by atoms with Gasteiger partial charge in [0.1, 0.15) is 11.5 Å². The molecule has 1 aliphatic heterocycles. The first-order chi connectivity index (χ1) is 18.4. The van der Waals surface area contributed by atoms with E-state index < -0.39 is 17.7 Å². The summed E-state index contributed by atoms with van der Waals surface area (Å²) in [5, 5.41) is 11.3. The lowest BCUT2D eigenvalue weighted by atomic mass is 9.95. The Kier molecular flexibility index (Phi) is 10.6. The van der Waals surface area contributed by atoms with Gasteiger partial charge in [0, 0.05) is 12.1 Å². The molecule has 0 spiro atoms. The van der Waals surface area contributed by atoms with Crippen molar-refractivity contribution in [1.29, 1.82) is 0 Å². The molecular formula is C30H40N2O6. The normalized spacial score (nSPS) is 16.8. The minimum absolute atomic E-state index is 0.0627. The van der Waals surface area contributed by atoms with Crippen LogP contribution in [0.5, 0.6) is 17.2 Å². The fraction of sp³-hybridized carbons (Fsp3) is 0.467. The Morgan fingerprint density at radius 2 is 1.68 bits per heavy atom. The van der Waals surface area contributed by atoms with Crippen LogP contribution in [0.25, 0.3) is 5.76 Å². The quantitative estimate of drug-likeness (QED) is 0.211. The molecule has 1 unspecified atom stereocenters. The smallest absolute Gasteiger partial charge is 0.295 e. The number of carbonyl (C=O) groups is 2. The number of nitrogens with zero attached hydrogens (tertiary/aromatic N) is 2. The Labute approximate surface area is 225 Å². The van der Waals surface area contributed by atoms with E-state index in [2.05, 4.69) is 18.7 Å². The van der Waals surface area contributed by atoms with Gasteiger partial charge in [0.05, 0.1) is 31.9 Å². The number of ketones is 1. The van der Waals surface area contributed by atoms with Crippen molar-refractivity contribution in [2.24, 2.45) is 0 Å². The number of benzene rings is 2. The number of amides is 1. The summed E-state index contributed by atoms with van der Waals surface area (Å²) in [7, 11) is 1.56. The number of ether oxygens (including phenoxy) is 3. The standard InChI is InChI=1S/C30H40N2O6/c1-6-19-38-24-16-13-22(20-25(24)37-9-4)27-26(28(33)21-11-14-23(36-5)15-12-21)29(34)30(35)32(27)18-10-17-31(7-2)8-3/h11-16,20,27,33H,6-10,17-19H2,1-5H3/b28-26+. The number of rotatable bonds is 14. The van der Waals surface area contributed by atoms with Crippen LogP contribution in [0, 0.1) is 0 Å². The summed E-state index contributed by atoms with van der Waals surface area (Å²) < 4.78 is 16.9. The van der Waals surface area contributed by atoms with Crippen molar-refractivity contribution in [2.45, 2.75) is 46.6 Å². The fourth-order valence-electron chi connectivity index (χ4n) is 4.66. The van der Waals surface area contributed by atoms with Gasteiger partial charge >= 0.3 is 0 Å². The summed E-state index contributed by atoms with van der Waals surface area (Å²) in [4.78, 5) is 30.5. The zero-order valence-corrected chi connectivity index (χ0v) is 23.2. The van der Waals surface area contributed by atoms with Gasteiger partial charge in [0.25, 0.3) is 11.7 Å². The maximum atomic E-state index is 13.4. The van der Waals surface area contributed by atoms with Crippen LogP contribution in [0.4, 0.5) is 0 Å². The van der Waals surface area contributed by atoms with Gasteiger partial charge in [-0.05, 0) is 81.4 Å². The molecule has 0 radical (unpaired) electrons. The molecule has 1 aliphatic rings. The Balaban J connectivity index is 2.09. The molecule has 1 heterocycles. The van der Waals surface area contributed by atoms with E-state index in [1.807, 2.05) is 26.0 Å². The van der Waals surface area contributed by atoms with E-state index in [0.717, 1.165) is 26.1 Å². The second-order valence-electron chi connectivity index (χ2n) is 9.09. The molecule has 8 nitrogen and oxygen atoms in total. The predicted octanol–water partition coefficient (Wildman–Crippen LogP) is 5.04. The van der Waals surface area contributed by atoms with E-state index in [-0.39, 0.29) is 11.3 Å². The van der Waals surface area contributed by atoms with Gasteiger partial charge < -0.3 is 29.1 Å². The number of likely N-dealkylation sites (tertiary alicyclic amines) is 1. The molecule has 8 heteroatoms. The van der Waals surface area contributed by atoms with Gasteiger partial charge in [-0.15, -0.1) is 0 Å². The Hall–Kier alpha value is -3.52. The molecule has 0 aromatic heterocycles. The number of methoxy groups -OCH3 is 1. The number of hydrogen-bond donors (Lipinski definition) is 1. The van der Waals surface area contributed by atoms with E-state index in [1.165, 1.54) is 0 Å². The molecule has 1 N–H and O–H groups in total. The van der Waals surface area contributed by atoms with Crippen molar-refractivity contribution in [3.8, 4) is 17.2 Å². The minimum Gasteiger partial charge on any atom is -0.507 e. The molecule has 2 aromatic rings. The molecule has 206 valence electrons. The molecule has 0 bridgehead atoms. The molecular weight excluding hydrogens is 484 g/mol. The van der Waals surface area contributed by atoms with Crippen LogP contribution in [0.2, 0.25) is 0 Å².